The van der Waals surface area contributed by atoms with E-state index in [4.69, 9.17) is 23.4 Å². The highest BCUT2D eigenvalue weighted by Crippen LogP contribution is 2.42. The molecule has 0 saturated carbocycles. The third-order valence-electron chi connectivity index (χ3n) is 6.85. The Balaban J connectivity index is 1.58. The van der Waals surface area contributed by atoms with Gasteiger partial charge in [-0.2, -0.15) is 0 Å². The van der Waals surface area contributed by atoms with Gasteiger partial charge < -0.3 is 54.7 Å². The zero-order valence-electron chi connectivity index (χ0n) is 23.1. The summed E-state index contributed by atoms with van der Waals surface area (Å²) >= 11 is 0. The summed E-state index contributed by atoms with van der Waals surface area (Å²) in [6, 6.07) is 14.1. The fourth-order valence-corrected chi connectivity index (χ4v) is 4.54. The molecule has 5 atom stereocenters. The van der Waals surface area contributed by atoms with Gasteiger partial charge in [0.25, 0.3) is 0 Å². The van der Waals surface area contributed by atoms with E-state index in [1.165, 1.54) is 61.7 Å². The van der Waals surface area contributed by atoms with Crippen molar-refractivity contribution in [3.05, 3.63) is 72.3 Å². The molecule has 1 aromatic heterocycles. The van der Waals surface area contributed by atoms with Crippen molar-refractivity contribution in [2.75, 3.05) is 13.7 Å². The van der Waals surface area contributed by atoms with Crippen LogP contribution in [0.1, 0.15) is 5.56 Å². The highest BCUT2D eigenvalue weighted by atomic mass is 16.7. The summed E-state index contributed by atoms with van der Waals surface area (Å²) in [6.07, 6.45) is -5.37. The van der Waals surface area contributed by atoms with E-state index < -0.39 is 43.3 Å². The van der Waals surface area contributed by atoms with Crippen molar-refractivity contribution in [3.8, 4) is 45.8 Å². The fourth-order valence-electron chi connectivity index (χ4n) is 4.54. The Bertz CT molecular complexity index is 1680. The van der Waals surface area contributed by atoms with Crippen molar-refractivity contribution in [3.63, 3.8) is 0 Å². The quantitative estimate of drug-likeness (QED) is 0.0663. The van der Waals surface area contributed by atoms with Gasteiger partial charge in [0.1, 0.15) is 41.3 Å². The number of hydrogen-bond donors (Lipinski definition) is 7. The molecule has 0 aliphatic carbocycles. The number of ether oxygens (including phenoxy) is 4. The minimum atomic E-state index is -1.76. The molecule has 0 amide bonds. The van der Waals surface area contributed by atoms with E-state index in [9.17, 15) is 40.5 Å². The molecule has 0 spiro atoms. The average Bonchev–Trinajstić information content (AvgIpc) is 3.01. The highest BCUT2D eigenvalue weighted by Gasteiger charge is 2.45. The average molecular weight is 610 g/mol. The van der Waals surface area contributed by atoms with Gasteiger partial charge in [-0.05, 0) is 35.9 Å². The zero-order chi connectivity index (χ0) is 31.5. The fraction of sp³-hybridized carbons (Fsp3) is 0.226. The lowest BCUT2D eigenvalue weighted by molar-refractivity contribution is -0.277. The van der Waals surface area contributed by atoms with Crippen LogP contribution in [0.2, 0.25) is 0 Å². The molecule has 230 valence electrons. The predicted octanol–water partition coefficient (Wildman–Crippen LogP) is 2.30. The van der Waals surface area contributed by atoms with Gasteiger partial charge >= 0.3 is 17.3 Å². The van der Waals surface area contributed by atoms with E-state index >= 15 is 0 Å². The van der Waals surface area contributed by atoms with Gasteiger partial charge in [-0.1, -0.05) is 12.1 Å². The third-order valence-corrected chi connectivity index (χ3v) is 6.85. The number of aromatic hydroxyl groups is 3. The normalized spacial score (nSPS) is 21.8. The van der Waals surface area contributed by atoms with Crippen LogP contribution in [0.5, 0.6) is 34.5 Å². The van der Waals surface area contributed by atoms with E-state index in [1.807, 2.05) is 0 Å². The van der Waals surface area contributed by atoms with Crippen LogP contribution in [-0.4, -0.2) is 86.1 Å². The molecule has 44 heavy (non-hydrogen) atoms. The van der Waals surface area contributed by atoms with Gasteiger partial charge in [-0.25, -0.2) is 9.21 Å². The molecular formula is C31H29O13+. The van der Waals surface area contributed by atoms with Crippen molar-refractivity contribution in [2.45, 2.75) is 30.7 Å². The molecule has 2 heterocycles. The number of esters is 1. The Morgan fingerprint density at radius 3 is 2.34 bits per heavy atom. The number of benzene rings is 3. The maximum absolute atomic E-state index is 12.7. The van der Waals surface area contributed by atoms with Crippen LogP contribution in [0.3, 0.4) is 0 Å². The van der Waals surface area contributed by atoms with Gasteiger partial charge in [-0.3, -0.25) is 0 Å². The van der Waals surface area contributed by atoms with Crippen molar-refractivity contribution >= 4 is 23.0 Å². The number of carbonyl (C=O) groups is 1. The first kappa shape index (κ1) is 30.5. The SMILES string of the molecule is COc1cc(-c2[o+]c3cc(O)cc(OC(=O)C=Cc4ccc(O)cc4)c3cc2O[C@@H]2O[C@H](CO)[C@@H](O)[C@H](O)[C@H]2O)ccc1O. The molecule has 7 N–H and O–H groups in total. The summed E-state index contributed by atoms with van der Waals surface area (Å²) < 4.78 is 28.2. The van der Waals surface area contributed by atoms with E-state index in [1.54, 1.807) is 12.1 Å². The number of phenols is 3. The highest BCUT2D eigenvalue weighted by molar-refractivity contribution is 5.94. The molecule has 4 aromatic rings. The van der Waals surface area contributed by atoms with E-state index in [0.717, 1.165) is 6.08 Å². The maximum atomic E-state index is 12.7. The third kappa shape index (κ3) is 6.37. The predicted molar refractivity (Wildman–Crippen MR) is 153 cm³/mol. The topological polar surface area (TPSA) is 207 Å². The van der Waals surface area contributed by atoms with Crippen LogP contribution < -0.4 is 14.2 Å². The summed E-state index contributed by atoms with van der Waals surface area (Å²) in [5, 5.41) is 70.8. The van der Waals surface area contributed by atoms with Gasteiger partial charge in [0, 0.05) is 24.3 Å². The second-order valence-corrected chi connectivity index (χ2v) is 9.84. The van der Waals surface area contributed by atoms with Crippen LogP contribution in [0.4, 0.5) is 0 Å². The molecule has 1 fully saturated rings. The van der Waals surface area contributed by atoms with Crippen molar-refractivity contribution in [2.24, 2.45) is 0 Å². The van der Waals surface area contributed by atoms with Gasteiger partial charge in [-0.15, -0.1) is 0 Å². The van der Waals surface area contributed by atoms with Crippen LogP contribution >= 0.6 is 0 Å². The second kappa shape index (κ2) is 12.8. The van der Waals surface area contributed by atoms with E-state index in [-0.39, 0.29) is 51.2 Å². The molecule has 1 saturated heterocycles. The van der Waals surface area contributed by atoms with Crippen molar-refractivity contribution in [1.82, 2.24) is 0 Å². The molecule has 0 unspecified atom stereocenters. The number of aliphatic hydroxyl groups excluding tert-OH is 4. The van der Waals surface area contributed by atoms with Crippen LogP contribution in [0.15, 0.2) is 71.2 Å². The van der Waals surface area contributed by atoms with Crippen LogP contribution in [0.25, 0.3) is 28.4 Å². The number of phenolic OH excluding ortho intramolecular Hbond substituents is 3. The van der Waals surface area contributed by atoms with Crippen molar-refractivity contribution < 1.29 is 63.9 Å². The second-order valence-electron chi connectivity index (χ2n) is 9.84. The molecule has 1 aliphatic heterocycles. The summed E-state index contributed by atoms with van der Waals surface area (Å²) in [5.41, 5.74) is 0.957. The minimum absolute atomic E-state index is 0.0112. The largest absolute Gasteiger partial charge is 0.508 e. The number of fused-ring (bicyclic) bond motifs is 1. The molecule has 1 aliphatic rings. The Morgan fingerprint density at radius 2 is 1.64 bits per heavy atom. The molecule has 0 bridgehead atoms. The number of carbonyl (C=O) groups excluding carboxylic acids is 1. The first-order valence-electron chi connectivity index (χ1n) is 13.2. The number of methoxy groups -OCH3 is 1. The Hall–Kier alpha value is -4.92. The summed E-state index contributed by atoms with van der Waals surface area (Å²) in [6.45, 7) is -0.689. The zero-order valence-corrected chi connectivity index (χ0v) is 23.1. The van der Waals surface area contributed by atoms with Crippen molar-refractivity contribution in [1.29, 1.82) is 0 Å². The smallest absolute Gasteiger partial charge is 0.402 e. The molecule has 13 nitrogen and oxygen atoms in total. The standard InChI is InChI=1S/C31H28O13/c1-40-23-10-16(5-8-20(23)35)30-24(43-31-29(39)28(38)27(37)25(14-32)44-31)13-19-21(11-18(34)12-22(19)42-30)41-26(36)9-4-15-2-6-17(33)7-3-15/h2-13,25,27-29,31-32,37-39H,14H2,1H3,(H2-,33,34,35,36)/p+1/t25-,27-,28+,29-,31-/m1/s1. The summed E-state index contributed by atoms with van der Waals surface area (Å²) in [4.78, 5) is 12.7. The number of hydrogen-bond acceptors (Lipinski definition) is 12. The Morgan fingerprint density at radius 1 is 0.886 bits per heavy atom. The lowest BCUT2D eigenvalue weighted by Gasteiger charge is -2.39. The van der Waals surface area contributed by atoms with Gasteiger partial charge in [0.05, 0.1) is 25.3 Å². The molecule has 5 rings (SSSR count). The first-order valence-corrected chi connectivity index (χ1v) is 13.2. The summed E-state index contributed by atoms with van der Waals surface area (Å²) in [5.74, 6) is -1.38. The number of rotatable bonds is 8. The maximum Gasteiger partial charge on any atom is 0.402 e. The van der Waals surface area contributed by atoms with E-state index in [2.05, 4.69) is 0 Å². The van der Waals surface area contributed by atoms with E-state index in [0.29, 0.717) is 11.1 Å². The lowest BCUT2D eigenvalue weighted by atomic mass is 9.99. The van der Waals surface area contributed by atoms with Crippen LogP contribution in [0, 0.1) is 0 Å². The summed E-state index contributed by atoms with van der Waals surface area (Å²) in [7, 11) is 1.34. The molecule has 3 aromatic carbocycles. The Labute approximate surface area is 249 Å². The number of aliphatic hydroxyl groups is 4. The first-order chi connectivity index (χ1) is 21.1. The molecular weight excluding hydrogens is 580 g/mol. The lowest BCUT2D eigenvalue weighted by Crippen LogP contribution is -2.60. The monoisotopic (exact) mass is 609 g/mol. The molecule has 0 radical (unpaired) electrons. The molecule has 13 heteroatoms. The van der Waals surface area contributed by atoms with Gasteiger partial charge in [0.15, 0.2) is 17.2 Å². The Kier molecular flexibility index (Phi) is 8.85. The minimum Gasteiger partial charge on any atom is -0.508 e. The van der Waals surface area contributed by atoms with Crippen LogP contribution in [-0.2, 0) is 9.53 Å². The van der Waals surface area contributed by atoms with Gasteiger partial charge in [0.2, 0.25) is 12.0 Å².